The summed E-state index contributed by atoms with van der Waals surface area (Å²) in [4.78, 5) is 27.2. The van der Waals surface area contributed by atoms with Gasteiger partial charge < -0.3 is 24.3 Å². The lowest BCUT2D eigenvalue weighted by Gasteiger charge is -2.37. The number of fused-ring (bicyclic) bond motifs is 1. The second-order valence-electron chi connectivity index (χ2n) is 9.71. The van der Waals surface area contributed by atoms with E-state index in [1.54, 1.807) is 0 Å². The number of halogens is 1. The summed E-state index contributed by atoms with van der Waals surface area (Å²) < 4.78 is 22.2. The van der Waals surface area contributed by atoms with Crippen molar-refractivity contribution in [3.63, 3.8) is 0 Å². The number of carbonyl (C=O) groups excluding carboxylic acids is 2. The van der Waals surface area contributed by atoms with Crippen LogP contribution in [0.4, 0.5) is 0 Å². The van der Waals surface area contributed by atoms with Crippen molar-refractivity contribution >= 4 is 23.4 Å². The van der Waals surface area contributed by atoms with Gasteiger partial charge in [-0.15, -0.1) is 0 Å². The van der Waals surface area contributed by atoms with Crippen LogP contribution >= 0.6 is 11.6 Å². The highest BCUT2D eigenvalue weighted by Crippen LogP contribution is 2.48. The molecule has 0 fully saturated rings. The van der Waals surface area contributed by atoms with Crippen LogP contribution in [0, 0.1) is 0 Å². The first-order valence-corrected chi connectivity index (χ1v) is 12.9. The molecule has 1 aliphatic carbocycles. The van der Waals surface area contributed by atoms with Crippen LogP contribution in [0.25, 0.3) is 0 Å². The Labute approximate surface area is 221 Å². The lowest BCUT2D eigenvalue weighted by Crippen LogP contribution is -2.36. The second-order valence-corrected chi connectivity index (χ2v) is 10.1. The van der Waals surface area contributed by atoms with Gasteiger partial charge in [0.05, 0.1) is 18.3 Å². The predicted octanol–water partition coefficient (Wildman–Crippen LogP) is 5.40. The minimum atomic E-state index is -0.594. The van der Waals surface area contributed by atoms with Gasteiger partial charge in [-0.1, -0.05) is 35.9 Å². The number of carbonyl (C=O) groups is 2. The Balaban J connectivity index is 1.51. The van der Waals surface area contributed by atoms with Crippen LogP contribution in [0.3, 0.4) is 0 Å². The van der Waals surface area contributed by atoms with Crippen LogP contribution in [0.15, 0.2) is 65.0 Å². The maximum Gasteiger partial charge on any atom is 0.336 e. The van der Waals surface area contributed by atoms with Crippen molar-refractivity contribution in [3.8, 4) is 11.5 Å². The highest BCUT2D eigenvalue weighted by Gasteiger charge is 2.42. The number of rotatable bonds is 7. The first-order valence-electron chi connectivity index (χ1n) is 12.5. The van der Waals surface area contributed by atoms with Gasteiger partial charge in [-0.25, -0.2) is 4.79 Å². The molecule has 2 atom stereocenters. The minimum absolute atomic E-state index is 0.0257. The van der Waals surface area contributed by atoms with E-state index in [0.717, 1.165) is 16.8 Å². The lowest BCUT2D eigenvalue weighted by atomic mass is 9.71. The molecule has 8 heteroatoms. The number of hydrogen-bond acceptors (Lipinski definition) is 7. The molecule has 2 aromatic carbocycles. The van der Waals surface area contributed by atoms with Crippen molar-refractivity contribution in [2.75, 3.05) is 20.0 Å². The minimum Gasteiger partial charge on any atom is -0.460 e. The highest BCUT2D eigenvalue weighted by molar-refractivity contribution is 6.31. The quantitative estimate of drug-likeness (QED) is 0.384. The smallest absolute Gasteiger partial charge is 0.336 e. The van der Waals surface area contributed by atoms with Crippen LogP contribution in [-0.4, -0.2) is 37.9 Å². The number of benzene rings is 2. The van der Waals surface area contributed by atoms with E-state index in [4.69, 9.17) is 30.5 Å². The maximum atomic E-state index is 13.8. The Morgan fingerprint density at radius 1 is 1.11 bits per heavy atom. The molecular weight excluding hydrogens is 494 g/mol. The van der Waals surface area contributed by atoms with Gasteiger partial charge in [0, 0.05) is 34.3 Å². The Morgan fingerprint density at radius 2 is 1.89 bits per heavy atom. The van der Waals surface area contributed by atoms with Crippen LogP contribution in [-0.2, 0) is 19.1 Å². The van der Waals surface area contributed by atoms with Gasteiger partial charge in [-0.2, -0.15) is 0 Å². The summed E-state index contributed by atoms with van der Waals surface area (Å²) in [7, 11) is 0. The summed E-state index contributed by atoms with van der Waals surface area (Å²) in [5.41, 5.74) is 4.17. The Morgan fingerprint density at radius 3 is 2.68 bits per heavy atom. The molecule has 2 aliphatic heterocycles. The van der Waals surface area contributed by atoms with E-state index in [1.807, 2.05) is 63.2 Å². The van der Waals surface area contributed by atoms with E-state index in [1.165, 1.54) is 0 Å². The number of Topliss-reactive ketones (excluding diaryl/α,β-unsaturated/α-hetero) is 1. The van der Waals surface area contributed by atoms with Gasteiger partial charge in [-0.3, -0.25) is 4.79 Å². The molecule has 2 unspecified atom stereocenters. The molecule has 0 saturated heterocycles. The van der Waals surface area contributed by atoms with Crippen molar-refractivity contribution in [2.24, 2.45) is 0 Å². The fraction of sp³-hybridized carbons (Fsp3) is 0.379. The standard InChI is InChI=1S/C29H30ClNO6/c1-16(2)34-10-11-35-29(33)26-17(3)31-22-12-19(20-6-4-5-7-21(20)30)13-23(32)28(22)27(26)18-8-9-24-25(14-18)37-15-36-24/h4-9,14,16,19,27,31H,10-13,15H2,1-3H3. The molecule has 0 amide bonds. The number of dihydropyridines is 1. The Hall–Kier alpha value is -3.29. The number of esters is 1. The predicted molar refractivity (Wildman–Crippen MR) is 139 cm³/mol. The number of allylic oxidation sites excluding steroid dienone is 3. The molecule has 1 N–H and O–H groups in total. The molecule has 0 aromatic heterocycles. The van der Waals surface area contributed by atoms with E-state index in [9.17, 15) is 9.59 Å². The SMILES string of the molecule is CC1=C(C(=O)OCCOC(C)C)C(c2ccc3c(c2)OCO3)C2=C(CC(c3ccccc3Cl)CC2=O)N1. The molecule has 0 saturated carbocycles. The van der Waals surface area contributed by atoms with Gasteiger partial charge in [0.1, 0.15) is 6.61 Å². The maximum absolute atomic E-state index is 13.8. The van der Waals surface area contributed by atoms with Crippen LogP contribution in [0.1, 0.15) is 56.6 Å². The van der Waals surface area contributed by atoms with Crippen molar-refractivity contribution in [1.82, 2.24) is 5.32 Å². The average molecular weight is 524 g/mol. The molecule has 2 aromatic rings. The largest absolute Gasteiger partial charge is 0.460 e. The summed E-state index contributed by atoms with van der Waals surface area (Å²) >= 11 is 6.48. The zero-order valence-electron chi connectivity index (χ0n) is 21.1. The van der Waals surface area contributed by atoms with Crippen LogP contribution in [0.2, 0.25) is 5.02 Å². The number of ketones is 1. The van der Waals surface area contributed by atoms with E-state index in [2.05, 4.69) is 5.32 Å². The summed E-state index contributed by atoms with van der Waals surface area (Å²) in [5.74, 6) is 0.0700. The Bertz CT molecular complexity index is 1300. The third kappa shape index (κ3) is 5.11. The molecule has 37 heavy (non-hydrogen) atoms. The first kappa shape index (κ1) is 25.4. The van der Waals surface area contributed by atoms with Crippen LogP contribution in [0.5, 0.6) is 11.5 Å². The van der Waals surface area contributed by atoms with Gasteiger partial charge in [0.15, 0.2) is 17.3 Å². The molecule has 194 valence electrons. The molecule has 7 nitrogen and oxygen atoms in total. The van der Waals surface area contributed by atoms with Crippen molar-refractivity contribution in [3.05, 3.63) is 81.2 Å². The fourth-order valence-electron chi connectivity index (χ4n) is 5.26. The summed E-state index contributed by atoms with van der Waals surface area (Å²) in [6.07, 6.45) is 0.943. The van der Waals surface area contributed by atoms with E-state index >= 15 is 0 Å². The zero-order chi connectivity index (χ0) is 26.1. The topological polar surface area (TPSA) is 83.1 Å². The van der Waals surface area contributed by atoms with E-state index in [0.29, 0.717) is 52.8 Å². The molecule has 5 rings (SSSR count). The highest BCUT2D eigenvalue weighted by atomic mass is 35.5. The summed E-state index contributed by atoms with van der Waals surface area (Å²) in [5, 5.41) is 4.01. The number of hydrogen-bond donors (Lipinski definition) is 1. The molecule has 0 radical (unpaired) electrons. The van der Waals surface area contributed by atoms with Crippen molar-refractivity contribution < 1.29 is 28.5 Å². The van der Waals surface area contributed by atoms with E-state index < -0.39 is 11.9 Å². The van der Waals surface area contributed by atoms with Gasteiger partial charge in [0.25, 0.3) is 0 Å². The van der Waals surface area contributed by atoms with Crippen LogP contribution < -0.4 is 14.8 Å². The normalized spacial score (nSPS) is 20.7. The van der Waals surface area contributed by atoms with Crippen molar-refractivity contribution in [2.45, 2.75) is 51.6 Å². The van der Waals surface area contributed by atoms with Gasteiger partial charge >= 0.3 is 5.97 Å². The zero-order valence-corrected chi connectivity index (χ0v) is 21.9. The monoisotopic (exact) mass is 523 g/mol. The summed E-state index contributed by atoms with van der Waals surface area (Å²) in [6.45, 7) is 6.24. The molecule has 0 bridgehead atoms. The van der Waals surface area contributed by atoms with Gasteiger partial charge in [0.2, 0.25) is 6.79 Å². The number of ether oxygens (including phenoxy) is 4. The average Bonchev–Trinajstić information content (AvgIpc) is 3.33. The number of nitrogens with one attached hydrogen (secondary N) is 1. The molecular formula is C29H30ClNO6. The fourth-order valence-corrected chi connectivity index (χ4v) is 5.55. The first-order chi connectivity index (χ1) is 17.8. The summed E-state index contributed by atoms with van der Waals surface area (Å²) in [6, 6.07) is 13.2. The third-order valence-corrected chi connectivity index (χ3v) is 7.23. The Kier molecular flexibility index (Phi) is 7.26. The van der Waals surface area contributed by atoms with E-state index in [-0.39, 0.29) is 31.2 Å². The molecule has 0 spiro atoms. The van der Waals surface area contributed by atoms with Crippen molar-refractivity contribution in [1.29, 1.82) is 0 Å². The van der Waals surface area contributed by atoms with Gasteiger partial charge in [-0.05, 0) is 62.4 Å². The molecule has 3 aliphatic rings. The second kappa shape index (κ2) is 10.6. The molecule has 2 heterocycles. The third-order valence-electron chi connectivity index (χ3n) is 6.89. The lowest BCUT2D eigenvalue weighted by molar-refractivity contribution is -0.141.